The Labute approximate surface area is 145 Å². The Bertz CT molecular complexity index is 837. The summed E-state index contributed by atoms with van der Waals surface area (Å²) in [5, 5.41) is 9.82. The zero-order valence-electron chi connectivity index (χ0n) is 13.3. The van der Waals surface area contributed by atoms with Gasteiger partial charge in [-0.15, -0.1) is 0 Å². The maximum atomic E-state index is 5.16. The van der Waals surface area contributed by atoms with Crippen LogP contribution in [-0.2, 0) is 6.54 Å². The van der Waals surface area contributed by atoms with E-state index in [0.717, 1.165) is 17.9 Å². The molecular formula is C17H18N6S. The lowest BCUT2D eigenvalue weighted by molar-refractivity contribution is 0.978. The van der Waals surface area contributed by atoms with Gasteiger partial charge < -0.3 is 16.0 Å². The smallest absolute Gasteiger partial charge is 0.182 e. The molecular weight excluding hydrogens is 320 g/mol. The molecule has 0 aliphatic rings. The summed E-state index contributed by atoms with van der Waals surface area (Å²) >= 11 is 5.16. The topological polar surface area (TPSA) is 74.8 Å². The third-order valence-corrected chi connectivity index (χ3v) is 3.55. The van der Waals surface area contributed by atoms with Gasteiger partial charge in [-0.1, -0.05) is 30.3 Å². The second-order valence-corrected chi connectivity index (χ2v) is 5.53. The molecule has 122 valence electrons. The molecule has 0 atom stereocenters. The molecule has 3 N–H and O–H groups in total. The van der Waals surface area contributed by atoms with E-state index in [2.05, 4.69) is 43.0 Å². The van der Waals surface area contributed by atoms with Gasteiger partial charge in [-0.25, -0.2) is 15.0 Å². The Morgan fingerprint density at radius 1 is 1.04 bits per heavy atom. The van der Waals surface area contributed by atoms with E-state index in [4.69, 9.17) is 12.2 Å². The third kappa shape index (κ3) is 4.14. The fourth-order valence-corrected chi connectivity index (χ4v) is 2.41. The summed E-state index contributed by atoms with van der Waals surface area (Å²) in [6.07, 6.45) is 1.64. The quantitative estimate of drug-likeness (QED) is 0.618. The summed E-state index contributed by atoms with van der Waals surface area (Å²) in [6, 6.07) is 14.0. The Kier molecular flexibility index (Phi) is 5.12. The maximum Gasteiger partial charge on any atom is 0.182 e. The normalized spacial score (nSPS) is 10.4. The summed E-state index contributed by atoms with van der Waals surface area (Å²) in [6.45, 7) is 3.43. The van der Waals surface area contributed by atoms with Crippen LogP contribution in [0, 0.1) is 0 Å². The van der Waals surface area contributed by atoms with Gasteiger partial charge in [-0.3, -0.25) is 0 Å². The first-order valence-electron chi connectivity index (χ1n) is 7.71. The van der Waals surface area contributed by atoms with Crippen LogP contribution in [0.4, 0.5) is 11.6 Å². The van der Waals surface area contributed by atoms with Crippen molar-refractivity contribution in [2.45, 2.75) is 13.5 Å². The van der Waals surface area contributed by atoms with Crippen LogP contribution in [0.5, 0.6) is 0 Å². The number of nitrogens with one attached hydrogen (secondary N) is 3. The molecule has 0 radical (unpaired) electrons. The van der Waals surface area contributed by atoms with Gasteiger partial charge in [0.1, 0.15) is 11.3 Å². The number of nitrogens with zero attached hydrogens (tertiary/aromatic N) is 3. The van der Waals surface area contributed by atoms with Crippen molar-refractivity contribution in [3.8, 4) is 0 Å². The molecule has 0 amide bonds. The van der Waals surface area contributed by atoms with Crippen LogP contribution >= 0.6 is 12.2 Å². The molecule has 0 saturated carbocycles. The molecule has 6 nitrogen and oxygen atoms in total. The highest BCUT2D eigenvalue weighted by molar-refractivity contribution is 7.80. The van der Waals surface area contributed by atoms with E-state index in [-0.39, 0.29) is 0 Å². The molecule has 24 heavy (non-hydrogen) atoms. The highest BCUT2D eigenvalue weighted by atomic mass is 32.1. The minimum absolute atomic E-state index is 0.518. The first kappa shape index (κ1) is 16.1. The molecule has 3 aromatic rings. The highest BCUT2D eigenvalue weighted by Gasteiger charge is 2.04. The summed E-state index contributed by atoms with van der Waals surface area (Å²) in [4.78, 5) is 13.3. The summed E-state index contributed by atoms with van der Waals surface area (Å²) < 4.78 is 0. The van der Waals surface area contributed by atoms with E-state index in [1.807, 2.05) is 37.3 Å². The van der Waals surface area contributed by atoms with E-state index in [1.165, 1.54) is 5.56 Å². The third-order valence-electron chi connectivity index (χ3n) is 3.30. The van der Waals surface area contributed by atoms with Crippen molar-refractivity contribution in [2.24, 2.45) is 0 Å². The van der Waals surface area contributed by atoms with Crippen molar-refractivity contribution in [1.29, 1.82) is 0 Å². The predicted molar refractivity (Wildman–Crippen MR) is 101 cm³/mol. The SMILES string of the molecule is CCNC(=S)Nc1cnc2ccc(NCc3ccccc3)nc2n1. The molecule has 0 unspecified atom stereocenters. The molecule has 0 aliphatic heterocycles. The fourth-order valence-electron chi connectivity index (χ4n) is 2.17. The van der Waals surface area contributed by atoms with Crippen molar-refractivity contribution < 1.29 is 0 Å². The van der Waals surface area contributed by atoms with E-state index in [1.54, 1.807) is 6.20 Å². The lowest BCUT2D eigenvalue weighted by Crippen LogP contribution is -2.28. The zero-order chi connectivity index (χ0) is 16.8. The second kappa shape index (κ2) is 7.65. The predicted octanol–water partition coefficient (Wildman–Crippen LogP) is 2.94. The summed E-state index contributed by atoms with van der Waals surface area (Å²) in [5.41, 5.74) is 2.49. The largest absolute Gasteiger partial charge is 0.366 e. The van der Waals surface area contributed by atoms with Crippen LogP contribution in [0.25, 0.3) is 11.2 Å². The van der Waals surface area contributed by atoms with E-state index in [9.17, 15) is 0 Å². The van der Waals surface area contributed by atoms with E-state index in [0.29, 0.717) is 23.1 Å². The van der Waals surface area contributed by atoms with Crippen molar-refractivity contribution in [3.05, 3.63) is 54.2 Å². The highest BCUT2D eigenvalue weighted by Crippen LogP contribution is 2.14. The number of benzene rings is 1. The molecule has 0 aliphatic carbocycles. The average molecular weight is 338 g/mol. The molecule has 7 heteroatoms. The molecule has 1 aromatic carbocycles. The van der Waals surface area contributed by atoms with Crippen LogP contribution in [0.15, 0.2) is 48.7 Å². The maximum absolute atomic E-state index is 5.16. The molecule has 0 saturated heterocycles. The van der Waals surface area contributed by atoms with E-state index < -0.39 is 0 Å². The van der Waals surface area contributed by atoms with Gasteiger partial charge in [0.05, 0.1) is 6.20 Å². The van der Waals surface area contributed by atoms with Crippen LogP contribution in [0.2, 0.25) is 0 Å². The Morgan fingerprint density at radius 2 is 1.83 bits per heavy atom. The zero-order valence-corrected chi connectivity index (χ0v) is 14.1. The molecule has 0 spiro atoms. The van der Waals surface area contributed by atoms with Gasteiger partial charge in [-0.2, -0.15) is 0 Å². The number of aromatic nitrogens is 3. The van der Waals surface area contributed by atoms with Crippen molar-refractivity contribution in [3.63, 3.8) is 0 Å². The molecule has 0 fully saturated rings. The number of fused-ring (bicyclic) bond motifs is 1. The van der Waals surface area contributed by atoms with Gasteiger partial charge >= 0.3 is 0 Å². The molecule has 2 heterocycles. The van der Waals surface area contributed by atoms with Crippen LogP contribution < -0.4 is 16.0 Å². The minimum Gasteiger partial charge on any atom is -0.366 e. The average Bonchev–Trinajstić information content (AvgIpc) is 2.60. The van der Waals surface area contributed by atoms with Gasteiger partial charge in [0.2, 0.25) is 0 Å². The van der Waals surface area contributed by atoms with Crippen molar-refractivity contribution in [1.82, 2.24) is 20.3 Å². The standard InChI is InChI=1S/C17H18N6S/c1-2-18-17(24)23-15-11-19-13-8-9-14(21-16(13)22-15)20-10-12-6-4-3-5-7-12/h3-9,11H,2,10H2,1H3,(H3,18,20,21,22,23,24). The molecule has 2 aromatic heterocycles. The first-order chi connectivity index (χ1) is 11.7. The number of rotatable bonds is 5. The fraction of sp³-hybridized carbons (Fsp3) is 0.176. The second-order valence-electron chi connectivity index (χ2n) is 5.12. The molecule has 0 bridgehead atoms. The van der Waals surface area contributed by atoms with Crippen LogP contribution in [0.3, 0.4) is 0 Å². The first-order valence-corrected chi connectivity index (χ1v) is 8.12. The summed E-state index contributed by atoms with van der Waals surface area (Å²) in [7, 11) is 0. The number of hydrogen-bond donors (Lipinski definition) is 3. The monoisotopic (exact) mass is 338 g/mol. The Balaban J connectivity index is 1.74. The number of anilines is 2. The molecule has 3 rings (SSSR count). The van der Waals surface area contributed by atoms with Gasteiger partial charge in [0, 0.05) is 13.1 Å². The Hall–Kier alpha value is -2.80. The van der Waals surface area contributed by atoms with Crippen molar-refractivity contribution in [2.75, 3.05) is 17.2 Å². The Morgan fingerprint density at radius 3 is 2.62 bits per heavy atom. The van der Waals surface area contributed by atoms with Crippen LogP contribution in [0.1, 0.15) is 12.5 Å². The van der Waals surface area contributed by atoms with Gasteiger partial charge in [0.25, 0.3) is 0 Å². The lowest BCUT2D eigenvalue weighted by atomic mass is 10.2. The van der Waals surface area contributed by atoms with Crippen LogP contribution in [-0.4, -0.2) is 26.6 Å². The number of pyridine rings is 1. The van der Waals surface area contributed by atoms with Gasteiger partial charge in [-0.05, 0) is 36.8 Å². The number of thiocarbonyl (C=S) groups is 1. The van der Waals surface area contributed by atoms with E-state index >= 15 is 0 Å². The van der Waals surface area contributed by atoms with Gasteiger partial charge in [0.15, 0.2) is 16.6 Å². The minimum atomic E-state index is 0.518. The lowest BCUT2D eigenvalue weighted by Gasteiger charge is -2.09. The van der Waals surface area contributed by atoms with Crippen molar-refractivity contribution >= 4 is 40.1 Å². The summed E-state index contributed by atoms with van der Waals surface area (Å²) in [5.74, 6) is 1.33. The number of hydrogen-bond acceptors (Lipinski definition) is 5.